The number of aromatic nitrogens is 2. The van der Waals surface area contributed by atoms with Crippen LogP contribution in [-0.2, 0) is 4.74 Å². The van der Waals surface area contributed by atoms with Crippen molar-refractivity contribution >= 4 is 29.2 Å². The first-order valence-corrected chi connectivity index (χ1v) is 16.9. The zero-order valence-electron chi connectivity index (χ0n) is 28.9. The van der Waals surface area contributed by atoms with E-state index in [4.69, 9.17) is 18.9 Å². The summed E-state index contributed by atoms with van der Waals surface area (Å²) in [5.74, 6) is 1.54. The molecule has 260 valence electrons. The number of benzene rings is 2. The molecule has 48 heavy (non-hydrogen) atoms. The molecule has 12 heteroatoms. The van der Waals surface area contributed by atoms with E-state index >= 15 is 4.39 Å². The summed E-state index contributed by atoms with van der Waals surface area (Å²) in [6.45, 7) is 13.8. The molecular weight excluding hydrogens is 615 g/mol. The Bertz CT molecular complexity index is 1510. The summed E-state index contributed by atoms with van der Waals surface area (Å²) < 4.78 is 38.1. The van der Waals surface area contributed by atoms with Gasteiger partial charge >= 0.3 is 6.09 Å². The standard InChI is InChI=1S/C36H49FN6O5/c1-24(2)42-18-16-41(17-19-42)20-21-47-31-13-10-27(22-29(31)37)39-35-38-15-14-33(40-35)43(30-12-11-28(45-5)23-32(30)46-6)36(44)48-34-25(3)8-7-9-26(34)4/h10-15,22-26,34H,7-9,16-21H2,1-6H3,(H,38,39,40). The fraction of sp³-hybridized carbons (Fsp3) is 0.528. The van der Waals surface area contributed by atoms with Crippen LogP contribution >= 0.6 is 0 Å². The minimum Gasteiger partial charge on any atom is -0.497 e. The fourth-order valence-electron chi connectivity index (χ4n) is 6.48. The van der Waals surface area contributed by atoms with Crippen molar-refractivity contribution in [1.82, 2.24) is 19.8 Å². The third-order valence-corrected chi connectivity index (χ3v) is 9.35. The Hall–Kier alpha value is -4.16. The Morgan fingerprint density at radius 3 is 2.42 bits per heavy atom. The first-order valence-electron chi connectivity index (χ1n) is 16.9. The second kappa shape index (κ2) is 16.3. The third-order valence-electron chi connectivity index (χ3n) is 9.35. The molecule has 0 spiro atoms. The van der Waals surface area contributed by atoms with Crippen LogP contribution < -0.4 is 24.4 Å². The molecule has 0 bridgehead atoms. The van der Waals surface area contributed by atoms with Crippen LogP contribution in [0.4, 0.5) is 32.3 Å². The normalized spacial score (nSPS) is 20.3. The summed E-state index contributed by atoms with van der Waals surface area (Å²) in [5.41, 5.74) is 0.862. The SMILES string of the molecule is COc1ccc(N(C(=O)OC2C(C)CCCC2C)c2ccnc(Nc3ccc(OCCN4CCN(C(C)C)CC4)c(F)c3)n2)c(OC)c1. The quantitative estimate of drug-likeness (QED) is 0.221. The summed E-state index contributed by atoms with van der Waals surface area (Å²) in [5, 5.41) is 3.06. The molecule has 2 aromatic carbocycles. The summed E-state index contributed by atoms with van der Waals surface area (Å²) >= 11 is 0. The van der Waals surface area contributed by atoms with Crippen LogP contribution in [0.25, 0.3) is 0 Å². The number of piperazine rings is 1. The van der Waals surface area contributed by atoms with Crippen LogP contribution in [0.15, 0.2) is 48.7 Å². The molecule has 0 radical (unpaired) electrons. The van der Waals surface area contributed by atoms with Crippen molar-refractivity contribution in [2.45, 2.75) is 59.1 Å². The molecule has 2 atom stereocenters. The summed E-state index contributed by atoms with van der Waals surface area (Å²) in [7, 11) is 3.09. The van der Waals surface area contributed by atoms with Crippen molar-refractivity contribution in [1.29, 1.82) is 0 Å². The molecule has 3 aromatic rings. The highest BCUT2D eigenvalue weighted by atomic mass is 19.1. The predicted molar refractivity (Wildman–Crippen MR) is 184 cm³/mol. The number of amides is 1. The number of carbonyl (C=O) groups excluding carboxylic acids is 1. The Labute approximate surface area is 283 Å². The molecule has 11 nitrogen and oxygen atoms in total. The molecule has 2 fully saturated rings. The first-order chi connectivity index (χ1) is 23.2. The maximum absolute atomic E-state index is 15.1. The molecular formula is C36H49FN6O5. The van der Waals surface area contributed by atoms with Gasteiger partial charge in [-0.2, -0.15) is 4.98 Å². The van der Waals surface area contributed by atoms with Crippen LogP contribution in [-0.4, -0.2) is 91.6 Å². The van der Waals surface area contributed by atoms with E-state index in [-0.39, 0.29) is 35.5 Å². The fourth-order valence-corrected chi connectivity index (χ4v) is 6.48. The second-order valence-electron chi connectivity index (χ2n) is 12.9. The van der Waals surface area contributed by atoms with Crippen LogP contribution in [0.3, 0.4) is 0 Å². The van der Waals surface area contributed by atoms with Crippen molar-refractivity contribution in [3.05, 3.63) is 54.5 Å². The number of rotatable bonds is 12. The van der Waals surface area contributed by atoms with Crippen LogP contribution in [0.5, 0.6) is 17.2 Å². The van der Waals surface area contributed by atoms with Crippen molar-refractivity contribution in [3.8, 4) is 17.2 Å². The number of hydrogen-bond acceptors (Lipinski definition) is 10. The Morgan fingerprint density at radius 2 is 1.75 bits per heavy atom. The molecule has 1 aromatic heterocycles. The summed E-state index contributed by atoms with van der Waals surface area (Å²) in [4.78, 5) is 29.1. The van der Waals surface area contributed by atoms with Gasteiger partial charge in [-0.25, -0.2) is 19.1 Å². The van der Waals surface area contributed by atoms with Crippen molar-refractivity contribution in [2.24, 2.45) is 11.8 Å². The summed E-state index contributed by atoms with van der Waals surface area (Å²) in [6, 6.07) is 12.0. The van der Waals surface area contributed by atoms with E-state index < -0.39 is 11.9 Å². The molecule has 1 aliphatic carbocycles. The van der Waals surface area contributed by atoms with E-state index in [2.05, 4.69) is 52.8 Å². The second-order valence-corrected chi connectivity index (χ2v) is 12.9. The number of ether oxygens (including phenoxy) is 4. The molecule has 2 unspecified atom stereocenters. The average molecular weight is 665 g/mol. The Morgan fingerprint density at radius 1 is 1.00 bits per heavy atom. The van der Waals surface area contributed by atoms with Gasteiger partial charge in [0.1, 0.15) is 30.0 Å². The highest BCUT2D eigenvalue weighted by molar-refractivity contribution is 5.97. The smallest absolute Gasteiger partial charge is 0.420 e. The van der Waals surface area contributed by atoms with Gasteiger partial charge in [0, 0.05) is 68.8 Å². The predicted octanol–water partition coefficient (Wildman–Crippen LogP) is 6.88. The van der Waals surface area contributed by atoms with Gasteiger partial charge in [0.2, 0.25) is 5.95 Å². The maximum atomic E-state index is 15.1. The lowest BCUT2D eigenvalue weighted by Crippen LogP contribution is -2.49. The molecule has 2 heterocycles. The van der Waals surface area contributed by atoms with Crippen LogP contribution in [0, 0.1) is 17.7 Å². The van der Waals surface area contributed by atoms with Gasteiger partial charge in [-0.05, 0) is 62.8 Å². The Balaban J connectivity index is 1.30. The number of methoxy groups -OCH3 is 2. The van der Waals surface area contributed by atoms with Gasteiger partial charge in [0.15, 0.2) is 11.6 Å². The van der Waals surface area contributed by atoms with E-state index in [1.165, 1.54) is 24.3 Å². The highest BCUT2D eigenvalue weighted by Crippen LogP contribution is 2.38. The van der Waals surface area contributed by atoms with E-state index in [1.54, 1.807) is 43.5 Å². The molecule has 1 amide bonds. The van der Waals surface area contributed by atoms with Gasteiger partial charge in [0.05, 0.1) is 19.9 Å². The van der Waals surface area contributed by atoms with E-state index in [0.29, 0.717) is 35.5 Å². The van der Waals surface area contributed by atoms with Gasteiger partial charge in [-0.1, -0.05) is 20.3 Å². The number of halogens is 1. The highest BCUT2D eigenvalue weighted by Gasteiger charge is 2.34. The minimum atomic E-state index is -0.580. The molecule has 1 saturated carbocycles. The van der Waals surface area contributed by atoms with Gasteiger partial charge in [-0.3, -0.25) is 9.80 Å². The Kier molecular flexibility index (Phi) is 11.9. The number of nitrogens with zero attached hydrogens (tertiary/aromatic N) is 5. The number of hydrogen-bond donors (Lipinski definition) is 1. The van der Waals surface area contributed by atoms with Gasteiger partial charge < -0.3 is 24.3 Å². The lowest BCUT2D eigenvalue weighted by Gasteiger charge is -2.36. The van der Waals surface area contributed by atoms with Crippen LogP contribution in [0.1, 0.15) is 47.0 Å². The van der Waals surface area contributed by atoms with Gasteiger partial charge in [0.25, 0.3) is 0 Å². The molecule has 1 aliphatic heterocycles. The maximum Gasteiger partial charge on any atom is 0.420 e. The zero-order chi connectivity index (χ0) is 34.2. The number of nitrogens with one attached hydrogen (secondary N) is 1. The third kappa shape index (κ3) is 8.65. The van der Waals surface area contributed by atoms with Gasteiger partial charge in [-0.15, -0.1) is 0 Å². The van der Waals surface area contributed by atoms with Crippen molar-refractivity contribution < 1.29 is 28.1 Å². The lowest BCUT2D eigenvalue weighted by molar-refractivity contribution is 0.0144. The molecule has 1 N–H and O–H groups in total. The number of carbonyl (C=O) groups is 1. The largest absolute Gasteiger partial charge is 0.497 e. The van der Waals surface area contributed by atoms with E-state index in [1.807, 2.05) is 0 Å². The first kappa shape index (κ1) is 35.2. The van der Waals surface area contributed by atoms with E-state index in [0.717, 1.165) is 52.0 Å². The molecule has 2 aliphatic rings. The summed E-state index contributed by atoms with van der Waals surface area (Å²) in [6.07, 6.45) is 3.80. The topological polar surface area (TPSA) is 102 Å². The lowest BCUT2D eigenvalue weighted by atomic mass is 9.81. The molecule has 5 rings (SSSR count). The molecule has 1 saturated heterocycles. The van der Waals surface area contributed by atoms with Crippen LogP contribution in [0.2, 0.25) is 0 Å². The van der Waals surface area contributed by atoms with Crippen molar-refractivity contribution in [3.63, 3.8) is 0 Å². The average Bonchev–Trinajstić information content (AvgIpc) is 3.08. The number of anilines is 4. The van der Waals surface area contributed by atoms with Crippen molar-refractivity contribution in [2.75, 3.05) is 63.8 Å². The monoisotopic (exact) mass is 664 g/mol. The van der Waals surface area contributed by atoms with E-state index in [9.17, 15) is 4.79 Å². The zero-order valence-corrected chi connectivity index (χ0v) is 28.9. The minimum absolute atomic E-state index is 0.172.